The van der Waals surface area contributed by atoms with Gasteiger partial charge in [-0.2, -0.15) is 0 Å². The minimum absolute atomic E-state index is 0. The number of guanidine groups is 1. The molecule has 130 valence electrons. The van der Waals surface area contributed by atoms with Crippen molar-refractivity contribution in [1.82, 2.24) is 10.6 Å². The highest BCUT2D eigenvalue weighted by atomic mass is 127. The monoisotopic (exact) mass is 433 g/mol. The first-order valence-electron chi connectivity index (χ1n) is 8.03. The molecule has 0 bridgehead atoms. The fraction of sp³-hybridized carbons (Fsp3) is 0.588. The van der Waals surface area contributed by atoms with Crippen molar-refractivity contribution < 1.29 is 9.47 Å². The van der Waals surface area contributed by atoms with Gasteiger partial charge >= 0.3 is 0 Å². The molecule has 0 saturated heterocycles. The van der Waals surface area contributed by atoms with Crippen LogP contribution in [0.15, 0.2) is 29.3 Å². The SMILES string of the molecule is CCNC(=NCC1COc2ccccc2O1)NC(C)C(C)C.I. The maximum atomic E-state index is 5.93. The van der Waals surface area contributed by atoms with Crippen LogP contribution in [-0.4, -0.2) is 37.8 Å². The Labute approximate surface area is 156 Å². The smallest absolute Gasteiger partial charge is 0.191 e. The summed E-state index contributed by atoms with van der Waals surface area (Å²) in [5.74, 6) is 2.97. The zero-order valence-corrected chi connectivity index (χ0v) is 16.7. The molecule has 1 aliphatic rings. The summed E-state index contributed by atoms with van der Waals surface area (Å²) >= 11 is 0. The minimum Gasteiger partial charge on any atom is -0.486 e. The van der Waals surface area contributed by atoms with Crippen molar-refractivity contribution in [2.24, 2.45) is 10.9 Å². The quantitative estimate of drug-likeness (QED) is 0.426. The van der Waals surface area contributed by atoms with E-state index in [1.807, 2.05) is 24.3 Å². The molecule has 1 aromatic carbocycles. The molecule has 2 unspecified atom stereocenters. The number of fused-ring (bicyclic) bond motifs is 1. The molecule has 0 aromatic heterocycles. The highest BCUT2D eigenvalue weighted by Gasteiger charge is 2.20. The van der Waals surface area contributed by atoms with Crippen LogP contribution in [0, 0.1) is 5.92 Å². The van der Waals surface area contributed by atoms with Crippen LogP contribution >= 0.6 is 24.0 Å². The fourth-order valence-corrected chi connectivity index (χ4v) is 2.05. The number of ether oxygens (including phenoxy) is 2. The summed E-state index contributed by atoms with van der Waals surface area (Å²) in [5, 5.41) is 6.69. The second kappa shape index (κ2) is 9.85. The molecule has 0 spiro atoms. The van der Waals surface area contributed by atoms with E-state index in [-0.39, 0.29) is 30.1 Å². The van der Waals surface area contributed by atoms with E-state index >= 15 is 0 Å². The third-order valence-corrected chi connectivity index (χ3v) is 3.73. The number of nitrogens with zero attached hydrogens (tertiary/aromatic N) is 1. The fourth-order valence-electron chi connectivity index (χ4n) is 2.05. The average molecular weight is 433 g/mol. The van der Waals surface area contributed by atoms with Crippen molar-refractivity contribution in [2.75, 3.05) is 19.7 Å². The van der Waals surface area contributed by atoms with E-state index in [2.05, 4.69) is 43.3 Å². The summed E-state index contributed by atoms with van der Waals surface area (Å²) in [6.45, 7) is 10.5. The van der Waals surface area contributed by atoms with E-state index in [0.717, 1.165) is 24.0 Å². The summed E-state index contributed by atoms with van der Waals surface area (Å²) in [4.78, 5) is 4.62. The van der Waals surface area contributed by atoms with Crippen molar-refractivity contribution in [3.05, 3.63) is 24.3 Å². The lowest BCUT2D eigenvalue weighted by Gasteiger charge is -2.26. The van der Waals surface area contributed by atoms with Crippen molar-refractivity contribution in [2.45, 2.75) is 39.8 Å². The van der Waals surface area contributed by atoms with Gasteiger partial charge in [0.15, 0.2) is 23.6 Å². The van der Waals surface area contributed by atoms with E-state index in [9.17, 15) is 0 Å². The topological polar surface area (TPSA) is 54.9 Å². The first-order valence-corrected chi connectivity index (χ1v) is 8.03. The van der Waals surface area contributed by atoms with Crippen LogP contribution in [0.3, 0.4) is 0 Å². The molecule has 1 heterocycles. The molecule has 0 saturated carbocycles. The Balaban J connectivity index is 0.00000264. The van der Waals surface area contributed by atoms with E-state index in [4.69, 9.17) is 9.47 Å². The standard InChI is InChI=1S/C17H27N3O2.HI/c1-5-18-17(20-13(4)12(2)3)19-10-14-11-21-15-8-6-7-9-16(15)22-14;/h6-9,12-14H,5,10-11H2,1-4H3,(H2,18,19,20);1H. The van der Waals surface area contributed by atoms with Gasteiger partial charge in [-0.1, -0.05) is 26.0 Å². The minimum atomic E-state index is -0.0558. The van der Waals surface area contributed by atoms with Gasteiger partial charge in [0, 0.05) is 12.6 Å². The first kappa shape index (κ1) is 19.9. The number of benzene rings is 1. The molecule has 6 heteroatoms. The number of hydrogen-bond acceptors (Lipinski definition) is 3. The molecule has 2 N–H and O–H groups in total. The number of halogens is 1. The number of rotatable bonds is 5. The van der Waals surface area contributed by atoms with Gasteiger partial charge in [0.05, 0.1) is 6.54 Å². The summed E-state index contributed by atoms with van der Waals surface area (Å²) in [6.07, 6.45) is -0.0558. The Hall–Kier alpha value is -1.18. The molecule has 0 fully saturated rings. The van der Waals surface area contributed by atoms with Crippen molar-refractivity contribution in [3.8, 4) is 11.5 Å². The predicted octanol–water partition coefficient (Wildman–Crippen LogP) is 3.04. The van der Waals surface area contributed by atoms with Gasteiger partial charge in [0.1, 0.15) is 6.61 Å². The number of hydrogen-bond donors (Lipinski definition) is 2. The van der Waals surface area contributed by atoms with Crippen LogP contribution in [0.5, 0.6) is 11.5 Å². The molecule has 0 aliphatic carbocycles. The maximum Gasteiger partial charge on any atom is 0.191 e. The Kier molecular flexibility index (Phi) is 8.51. The molecule has 2 atom stereocenters. The van der Waals surface area contributed by atoms with Gasteiger partial charge in [-0.3, -0.25) is 0 Å². The lowest BCUT2D eigenvalue weighted by molar-refractivity contribution is 0.0971. The summed E-state index contributed by atoms with van der Waals surface area (Å²) in [5.41, 5.74) is 0. The van der Waals surface area contributed by atoms with Crippen LogP contribution in [0.4, 0.5) is 0 Å². The molecule has 23 heavy (non-hydrogen) atoms. The Bertz CT molecular complexity index is 508. The molecule has 5 nitrogen and oxygen atoms in total. The Morgan fingerprint density at radius 3 is 2.61 bits per heavy atom. The largest absolute Gasteiger partial charge is 0.486 e. The third kappa shape index (κ3) is 6.08. The Morgan fingerprint density at radius 1 is 1.26 bits per heavy atom. The van der Waals surface area contributed by atoms with Gasteiger partial charge in [0.2, 0.25) is 0 Å². The molecule has 1 aliphatic heterocycles. The van der Waals surface area contributed by atoms with Crippen LogP contribution < -0.4 is 20.1 Å². The average Bonchev–Trinajstić information content (AvgIpc) is 2.52. The van der Waals surface area contributed by atoms with Gasteiger partial charge < -0.3 is 20.1 Å². The second-order valence-electron chi connectivity index (χ2n) is 5.89. The van der Waals surface area contributed by atoms with Crippen LogP contribution in [0.25, 0.3) is 0 Å². The molecule has 0 amide bonds. The van der Waals surface area contributed by atoms with E-state index < -0.39 is 0 Å². The van der Waals surface area contributed by atoms with Gasteiger partial charge in [0.25, 0.3) is 0 Å². The normalized spacial score (nSPS) is 18.1. The van der Waals surface area contributed by atoms with Gasteiger partial charge in [-0.15, -0.1) is 24.0 Å². The van der Waals surface area contributed by atoms with Crippen molar-refractivity contribution >= 4 is 29.9 Å². The second-order valence-corrected chi connectivity index (χ2v) is 5.89. The molecular weight excluding hydrogens is 405 g/mol. The van der Waals surface area contributed by atoms with E-state index in [0.29, 0.717) is 25.1 Å². The predicted molar refractivity (Wildman–Crippen MR) is 105 cm³/mol. The molecule has 0 radical (unpaired) electrons. The number of nitrogens with one attached hydrogen (secondary N) is 2. The van der Waals surface area contributed by atoms with Crippen LogP contribution in [0.2, 0.25) is 0 Å². The van der Waals surface area contributed by atoms with Crippen LogP contribution in [-0.2, 0) is 0 Å². The van der Waals surface area contributed by atoms with Gasteiger partial charge in [-0.05, 0) is 31.9 Å². The van der Waals surface area contributed by atoms with E-state index in [1.165, 1.54) is 0 Å². The van der Waals surface area contributed by atoms with E-state index in [1.54, 1.807) is 0 Å². The van der Waals surface area contributed by atoms with Crippen LogP contribution in [0.1, 0.15) is 27.7 Å². The van der Waals surface area contributed by atoms with Crippen molar-refractivity contribution in [1.29, 1.82) is 0 Å². The maximum absolute atomic E-state index is 5.93. The number of para-hydroxylation sites is 2. The molecular formula is C17H28IN3O2. The summed E-state index contributed by atoms with van der Waals surface area (Å²) < 4.78 is 11.6. The first-order chi connectivity index (χ1) is 10.6. The highest BCUT2D eigenvalue weighted by molar-refractivity contribution is 14.0. The zero-order valence-electron chi connectivity index (χ0n) is 14.3. The lowest BCUT2D eigenvalue weighted by Crippen LogP contribution is -2.45. The summed E-state index contributed by atoms with van der Waals surface area (Å²) in [7, 11) is 0. The number of aliphatic imine (C=N–C) groups is 1. The third-order valence-electron chi connectivity index (χ3n) is 3.73. The molecule has 2 rings (SSSR count). The lowest BCUT2D eigenvalue weighted by atomic mass is 10.1. The Morgan fingerprint density at radius 2 is 1.96 bits per heavy atom. The van der Waals surface area contributed by atoms with Gasteiger partial charge in [-0.25, -0.2) is 4.99 Å². The molecule has 1 aromatic rings. The highest BCUT2D eigenvalue weighted by Crippen LogP contribution is 2.30. The zero-order chi connectivity index (χ0) is 15.9. The summed E-state index contributed by atoms with van der Waals surface area (Å²) in [6, 6.07) is 8.10. The van der Waals surface area contributed by atoms with Crippen molar-refractivity contribution in [3.63, 3.8) is 0 Å².